The second-order valence-corrected chi connectivity index (χ2v) is 5.97. The Balaban J connectivity index is 1.87. The average Bonchev–Trinajstić information content (AvgIpc) is 2.50. The van der Waals surface area contributed by atoms with E-state index in [0.717, 1.165) is 19.3 Å². The number of hydrogen-bond donors (Lipinski definition) is 1. The Morgan fingerprint density at radius 3 is 2.64 bits per heavy atom. The number of hydrogen-bond acceptors (Lipinski definition) is 5. The number of nitrogens with one attached hydrogen (secondary N) is 1. The molecule has 1 saturated carbocycles. The smallest absolute Gasteiger partial charge is 0.359 e. The zero-order chi connectivity index (χ0) is 16.1. The van der Waals surface area contributed by atoms with Crippen molar-refractivity contribution < 1.29 is 14.3 Å². The minimum atomic E-state index is -0.843. The van der Waals surface area contributed by atoms with Crippen LogP contribution in [0.25, 0.3) is 0 Å². The molecule has 6 nitrogen and oxygen atoms in total. The molecule has 1 N–H and O–H groups in total. The molecule has 3 atom stereocenters. The van der Waals surface area contributed by atoms with Crippen LogP contribution in [0.2, 0.25) is 0 Å². The highest BCUT2D eigenvalue weighted by atomic mass is 16.5. The molecule has 0 radical (unpaired) electrons. The molecule has 120 valence electrons. The van der Waals surface area contributed by atoms with Gasteiger partial charge in [-0.2, -0.15) is 0 Å². The lowest BCUT2D eigenvalue weighted by Gasteiger charge is -2.30. The average molecular weight is 305 g/mol. The molecule has 0 aromatic carbocycles. The Kier molecular flexibility index (Phi) is 5.46. The first-order valence-corrected chi connectivity index (χ1v) is 7.77. The molecule has 6 heteroatoms. The summed E-state index contributed by atoms with van der Waals surface area (Å²) >= 11 is 0. The second kappa shape index (κ2) is 7.33. The molecular weight excluding hydrogens is 282 g/mol. The number of carbonyl (C=O) groups is 2. The van der Waals surface area contributed by atoms with Crippen LogP contribution in [0.5, 0.6) is 0 Å². The molecule has 1 aliphatic carbocycles. The summed E-state index contributed by atoms with van der Waals surface area (Å²) in [6.45, 7) is 5.49. The van der Waals surface area contributed by atoms with Gasteiger partial charge in [0.25, 0.3) is 5.91 Å². The van der Waals surface area contributed by atoms with E-state index in [1.165, 1.54) is 18.8 Å². The molecule has 22 heavy (non-hydrogen) atoms. The summed E-state index contributed by atoms with van der Waals surface area (Å²) in [7, 11) is 0. The van der Waals surface area contributed by atoms with Gasteiger partial charge in [0, 0.05) is 12.2 Å². The first kappa shape index (κ1) is 16.4. The summed E-state index contributed by atoms with van der Waals surface area (Å²) in [6.07, 6.45) is 6.45. The molecule has 1 aromatic rings. The number of nitrogens with zero attached hydrogens (tertiary/aromatic N) is 2. The van der Waals surface area contributed by atoms with E-state index in [1.54, 1.807) is 13.8 Å². The van der Waals surface area contributed by atoms with Gasteiger partial charge in [0.05, 0.1) is 11.9 Å². The fourth-order valence-electron chi connectivity index (χ4n) is 2.60. The van der Waals surface area contributed by atoms with Gasteiger partial charge < -0.3 is 10.1 Å². The van der Waals surface area contributed by atoms with Gasteiger partial charge in [-0.05, 0) is 32.6 Å². The monoisotopic (exact) mass is 305 g/mol. The summed E-state index contributed by atoms with van der Waals surface area (Å²) in [6, 6.07) is 0.168. The van der Waals surface area contributed by atoms with Gasteiger partial charge in [-0.25, -0.2) is 9.78 Å². The molecule has 0 spiro atoms. The third kappa shape index (κ3) is 4.26. The SMILES string of the molecule is Cc1cnc(C(=O)O[C@@H](C)C(=O)N[C@H]2CCCC[C@@H]2C)cn1. The number of aryl methyl sites for hydroxylation is 1. The van der Waals surface area contributed by atoms with Gasteiger partial charge in [0.15, 0.2) is 11.8 Å². The molecule has 1 fully saturated rings. The fourth-order valence-corrected chi connectivity index (χ4v) is 2.60. The molecule has 0 saturated heterocycles. The van der Waals surface area contributed by atoms with Crippen LogP contribution in [0, 0.1) is 12.8 Å². The first-order valence-electron chi connectivity index (χ1n) is 7.77. The minimum Gasteiger partial charge on any atom is -0.448 e. The predicted octanol–water partition coefficient (Wildman–Crippen LogP) is 2.03. The van der Waals surface area contributed by atoms with Gasteiger partial charge in [-0.3, -0.25) is 9.78 Å². The maximum absolute atomic E-state index is 12.2. The van der Waals surface area contributed by atoms with Crippen LogP contribution < -0.4 is 5.32 Å². The molecule has 1 aromatic heterocycles. The molecule has 0 aliphatic heterocycles. The minimum absolute atomic E-state index is 0.108. The van der Waals surface area contributed by atoms with Crippen molar-refractivity contribution in [1.82, 2.24) is 15.3 Å². The largest absolute Gasteiger partial charge is 0.448 e. The van der Waals surface area contributed by atoms with E-state index < -0.39 is 12.1 Å². The summed E-state index contributed by atoms with van der Waals surface area (Å²) in [5, 5.41) is 2.98. The van der Waals surface area contributed by atoms with Crippen LogP contribution in [0.1, 0.15) is 55.7 Å². The van der Waals surface area contributed by atoms with Crippen LogP contribution in [0.3, 0.4) is 0 Å². The van der Waals surface area contributed by atoms with Crippen LogP contribution in [0.15, 0.2) is 12.4 Å². The van der Waals surface area contributed by atoms with E-state index in [9.17, 15) is 9.59 Å². The molecule has 1 heterocycles. The lowest BCUT2D eigenvalue weighted by Crippen LogP contribution is -2.46. The van der Waals surface area contributed by atoms with E-state index in [0.29, 0.717) is 11.6 Å². The van der Waals surface area contributed by atoms with Gasteiger partial charge in [0.2, 0.25) is 0 Å². The van der Waals surface area contributed by atoms with E-state index in [2.05, 4.69) is 22.2 Å². The summed E-state index contributed by atoms with van der Waals surface area (Å²) < 4.78 is 5.16. The van der Waals surface area contributed by atoms with Crippen molar-refractivity contribution in [2.45, 2.75) is 58.6 Å². The Bertz CT molecular complexity index is 530. The fraction of sp³-hybridized carbons (Fsp3) is 0.625. The highest BCUT2D eigenvalue weighted by molar-refractivity contribution is 5.90. The van der Waals surface area contributed by atoms with Crippen LogP contribution in [-0.4, -0.2) is 34.0 Å². The lowest BCUT2D eigenvalue weighted by atomic mass is 9.86. The van der Waals surface area contributed by atoms with Gasteiger partial charge in [0.1, 0.15) is 0 Å². The number of rotatable bonds is 4. The number of aromatic nitrogens is 2. The van der Waals surface area contributed by atoms with Gasteiger partial charge >= 0.3 is 5.97 Å². The normalized spacial score (nSPS) is 22.7. The number of esters is 1. The standard InChI is InChI=1S/C16H23N3O3/c1-10-6-4-5-7-13(10)19-15(20)12(3)22-16(21)14-9-17-11(2)8-18-14/h8-10,12-13H,4-7H2,1-3H3,(H,19,20)/t10-,12-,13-/m0/s1. The topological polar surface area (TPSA) is 81.2 Å². The summed E-state index contributed by atoms with van der Waals surface area (Å²) in [5.74, 6) is -0.428. The highest BCUT2D eigenvalue weighted by Gasteiger charge is 2.26. The highest BCUT2D eigenvalue weighted by Crippen LogP contribution is 2.23. The third-order valence-corrected chi connectivity index (χ3v) is 4.08. The van der Waals surface area contributed by atoms with Crippen molar-refractivity contribution in [3.05, 3.63) is 23.8 Å². The van der Waals surface area contributed by atoms with Gasteiger partial charge in [-0.1, -0.05) is 19.8 Å². The molecule has 2 rings (SSSR count). The van der Waals surface area contributed by atoms with Crippen LogP contribution in [-0.2, 0) is 9.53 Å². The van der Waals surface area contributed by atoms with Crippen molar-refractivity contribution in [2.24, 2.45) is 5.92 Å². The number of amides is 1. The van der Waals surface area contributed by atoms with E-state index in [1.807, 2.05) is 0 Å². The van der Waals surface area contributed by atoms with Crippen molar-refractivity contribution in [1.29, 1.82) is 0 Å². The Morgan fingerprint density at radius 1 is 1.27 bits per heavy atom. The molecule has 0 bridgehead atoms. The predicted molar refractivity (Wildman–Crippen MR) is 81.2 cm³/mol. The summed E-state index contributed by atoms with van der Waals surface area (Å²) in [4.78, 5) is 32.0. The summed E-state index contributed by atoms with van der Waals surface area (Å²) in [5.41, 5.74) is 0.824. The molecular formula is C16H23N3O3. The van der Waals surface area contributed by atoms with E-state index >= 15 is 0 Å². The van der Waals surface area contributed by atoms with Crippen LogP contribution >= 0.6 is 0 Å². The maximum Gasteiger partial charge on any atom is 0.359 e. The van der Waals surface area contributed by atoms with Crippen LogP contribution in [0.4, 0.5) is 0 Å². The molecule has 0 unspecified atom stereocenters. The Morgan fingerprint density at radius 2 is 2.00 bits per heavy atom. The number of carbonyl (C=O) groups excluding carboxylic acids is 2. The van der Waals surface area contributed by atoms with Crippen molar-refractivity contribution in [3.63, 3.8) is 0 Å². The Hall–Kier alpha value is -1.98. The van der Waals surface area contributed by atoms with Crippen molar-refractivity contribution in [3.8, 4) is 0 Å². The van der Waals surface area contributed by atoms with E-state index in [-0.39, 0.29) is 17.6 Å². The third-order valence-electron chi connectivity index (χ3n) is 4.08. The zero-order valence-corrected chi connectivity index (χ0v) is 13.3. The maximum atomic E-state index is 12.2. The van der Waals surface area contributed by atoms with Crippen molar-refractivity contribution >= 4 is 11.9 Å². The molecule has 1 amide bonds. The second-order valence-electron chi connectivity index (χ2n) is 5.97. The first-order chi connectivity index (χ1) is 10.5. The zero-order valence-electron chi connectivity index (χ0n) is 13.3. The quantitative estimate of drug-likeness (QED) is 0.861. The molecule has 1 aliphatic rings. The van der Waals surface area contributed by atoms with Gasteiger partial charge in [-0.15, -0.1) is 0 Å². The van der Waals surface area contributed by atoms with E-state index in [4.69, 9.17) is 4.74 Å². The lowest BCUT2D eigenvalue weighted by molar-refractivity contribution is -0.130. The number of ether oxygens (including phenoxy) is 1. The Labute approximate surface area is 130 Å². The van der Waals surface area contributed by atoms with Crippen molar-refractivity contribution in [2.75, 3.05) is 0 Å².